The van der Waals surface area contributed by atoms with Crippen LogP contribution in [0.3, 0.4) is 0 Å². The molecule has 0 amide bonds. The molecule has 0 saturated carbocycles. The van der Waals surface area contributed by atoms with Crippen molar-refractivity contribution in [1.82, 2.24) is 20.3 Å². The van der Waals surface area contributed by atoms with E-state index < -0.39 is 10.0 Å². The van der Waals surface area contributed by atoms with Crippen LogP contribution in [0.15, 0.2) is 32.5 Å². The molecule has 3 N–H and O–H groups in total. The molecule has 0 spiro atoms. The minimum absolute atomic E-state index is 0.233. The van der Waals surface area contributed by atoms with E-state index in [1.807, 2.05) is 39.8 Å². The molecule has 0 bridgehead atoms. The Morgan fingerprint density at radius 2 is 1.89 bits per heavy atom. The van der Waals surface area contributed by atoms with Crippen molar-refractivity contribution in [2.45, 2.75) is 46.1 Å². The van der Waals surface area contributed by atoms with Gasteiger partial charge in [0.1, 0.15) is 12.3 Å². The number of sulfonamides is 1. The van der Waals surface area contributed by atoms with E-state index in [2.05, 4.69) is 25.3 Å². The molecular formula is C19H29N5O3S. The van der Waals surface area contributed by atoms with E-state index in [0.29, 0.717) is 36.4 Å². The Balaban J connectivity index is 1.91. The lowest BCUT2D eigenvalue weighted by Gasteiger charge is -2.13. The van der Waals surface area contributed by atoms with Gasteiger partial charge in [0.05, 0.1) is 10.6 Å². The van der Waals surface area contributed by atoms with Crippen LogP contribution in [0.5, 0.6) is 0 Å². The Labute approximate surface area is 166 Å². The number of aromatic nitrogens is 1. The number of aryl methyl sites for hydroxylation is 4. The van der Waals surface area contributed by atoms with E-state index in [1.165, 1.54) is 0 Å². The fourth-order valence-electron chi connectivity index (χ4n) is 2.54. The SMILES string of the molecule is CCNC(=NCc1nc(C)c(C)o1)NCCNS(=O)(=O)c1cc(C)ccc1C. The molecule has 9 heteroatoms. The molecule has 1 aromatic carbocycles. The highest BCUT2D eigenvalue weighted by molar-refractivity contribution is 7.89. The van der Waals surface area contributed by atoms with Crippen molar-refractivity contribution in [3.05, 3.63) is 46.7 Å². The molecule has 0 atom stereocenters. The summed E-state index contributed by atoms with van der Waals surface area (Å²) < 4.78 is 33.2. The van der Waals surface area contributed by atoms with Crippen molar-refractivity contribution in [1.29, 1.82) is 0 Å². The first-order valence-electron chi connectivity index (χ1n) is 9.25. The quantitative estimate of drug-likeness (QED) is 0.351. The van der Waals surface area contributed by atoms with Gasteiger partial charge >= 0.3 is 0 Å². The Hall–Kier alpha value is -2.39. The number of hydrogen-bond donors (Lipinski definition) is 3. The molecule has 28 heavy (non-hydrogen) atoms. The topological polar surface area (TPSA) is 109 Å². The maximum atomic E-state index is 12.5. The zero-order valence-electron chi connectivity index (χ0n) is 17.1. The molecule has 0 aliphatic heterocycles. The Morgan fingerprint density at radius 1 is 1.14 bits per heavy atom. The summed E-state index contributed by atoms with van der Waals surface area (Å²) in [4.78, 5) is 9.02. The molecule has 2 aromatic rings. The third-order valence-corrected chi connectivity index (χ3v) is 5.74. The van der Waals surface area contributed by atoms with Gasteiger partial charge in [-0.05, 0) is 51.8 Å². The van der Waals surface area contributed by atoms with Crippen molar-refractivity contribution < 1.29 is 12.8 Å². The lowest BCUT2D eigenvalue weighted by molar-refractivity contribution is 0.473. The molecule has 0 saturated heterocycles. The molecule has 2 rings (SSSR count). The van der Waals surface area contributed by atoms with Crippen LogP contribution in [0, 0.1) is 27.7 Å². The molecular weight excluding hydrogens is 378 g/mol. The highest BCUT2D eigenvalue weighted by atomic mass is 32.2. The second kappa shape index (κ2) is 9.70. The number of nitrogens with one attached hydrogen (secondary N) is 3. The van der Waals surface area contributed by atoms with E-state index in [4.69, 9.17) is 4.42 Å². The van der Waals surface area contributed by atoms with Crippen LogP contribution < -0.4 is 15.4 Å². The summed E-state index contributed by atoms with van der Waals surface area (Å²) in [5, 5.41) is 6.22. The van der Waals surface area contributed by atoms with Crippen molar-refractivity contribution in [3.8, 4) is 0 Å². The second-order valence-corrected chi connectivity index (χ2v) is 8.27. The predicted octanol–water partition coefficient (Wildman–Crippen LogP) is 1.94. The normalized spacial score (nSPS) is 12.2. The molecule has 154 valence electrons. The molecule has 0 unspecified atom stereocenters. The standard InChI is InChI=1S/C19H29N5O3S/c1-6-20-19(22-12-18-24-15(4)16(5)27-18)21-9-10-23-28(25,26)17-11-13(2)7-8-14(17)3/h7-8,11,23H,6,9-10,12H2,1-5H3,(H2,20,21,22). The molecule has 0 fully saturated rings. The summed E-state index contributed by atoms with van der Waals surface area (Å²) in [5.41, 5.74) is 2.48. The number of oxazole rings is 1. The average Bonchev–Trinajstić information content (AvgIpc) is 2.96. The van der Waals surface area contributed by atoms with Gasteiger partial charge in [-0.25, -0.2) is 23.1 Å². The van der Waals surface area contributed by atoms with Crippen LogP contribution in [-0.4, -0.2) is 39.0 Å². The first kappa shape index (κ1) is 21.9. The average molecular weight is 408 g/mol. The Kier molecular flexibility index (Phi) is 7.59. The van der Waals surface area contributed by atoms with Crippen LogP contribution in [0.4, 0.5) is 0 Å². The van der Waals surface area contributed by atoms with Crippen molar-refractivity contribution in [2.75, 3.05) is 19.6 Å². The van der Waals surface area contributed by atoms with Gasteiger partial charge in [-0.2, -0.15) is 0 Å². The van der Waals surface area contributed by atoms with Gasteiger partial charge in [0.2, 0.25) is 15.9 Å². The largest absolute Gasteiger partial charge is 0.444 e. The highest BCUT2D eigenvalue weighted by Gasteiger charge is 2.16. The third kappa shape index (κ3) is 6.07. The van der Waals surface area contributed by atoms with E-state index >= 15 is 0 Å². The number of guanidine groups is 1. The number of benzene rings is 1. The zero-order chi connectivity index (χ0) is 20.7. The number of rotatable bonds is 8. The Bertz CT molecular complexity index is 916. The van der Waals surface area contributed by atoms with Gasteiger partial charge in [-0.3, -0.25) is 0 Å². The summed E-state index contributed by atoms with van der Waals surface area (Å²) in [5.74, 6) is 1.90. The van der Waals surface area contributed by atoms with Crippen molar-refractivity contribution in [2.24, 2.45) is 4.99 Å². The molecule has 0 aliphatic rings. The van der Waals surface area contributed by atoms with E-state index in [-0.39, 0.29) is 6.54 Å². The van der Waals surface area contributed by atoms with Crippen LogP contribution in [-0.2, 0) is 16.6 Å². The van der Waals surface area contributed by atoms with Crippen molar-refractivity contribution >= 4 is 16.0 Å². The number of hydrogen-bond acceptors (Lipinski definition) is 5. The summed E-state index contributed by atoms with van der Waals surface area (Å²) in [7, 11) is -3.56. The van der Waals surface area contributed by atoms with Gasteiger partial charge in [0.25, 0.3) is 0 Å². The highest BCUT2D eigenvalue weighted by Crippen LogP contribution is 2.16. The van der Waals surface area contributed by atoms with Crippen molar-refractivity contribution in [3.63, 3.8) is 0 Å². The lowest BCUT2D eigenvalue weighted by Crippen LogP contribution is -2.41. The molecule has 8 nitrogen and oxygen atoms in total. The van der Waals surface area contributed by atoms with E-state index in [0.717, 1.165) is 22.6 Å². The van der Waals surface area contributed by atoms with Crippen LogP contribution in [0.1, 0.15) is 35.4 Å². The molecule has 0 radical (unpaired) electrons. The maximum absolute atomic E-state index is 12.5. The van der Waals surface area contributed by atoms with E-state index in [9.17, 15) is 8.42 Å². The van der Waals surface area contributed by atoms with Crippen LogP contribution in [0.25, 0.3) is 0 Å². The molecule has 0 aliphatic carbocycles. The summed E-state index contributed by atoms with van der Waals surface area (Å²) in [6.07, 6.45) is 0. The van der Waals surface area contributed by atoms with Gasteiger partial charge in [0, 0.05) is 19.6 Å². The maximum Gasteiger partial charge on any atom is 0.240 e. The third-order valence-electron chi connectivity index (χ3n) is 4.13. The fourth-order valence-corrected chi connectivity index (χ4v) is 3.90. The lowest BCUT2D eigenvalue weighted by atomic mass is 10.2. The second-order valence-electron chi connectivity index (χ2n) is 6.54. The van der Waals surface area contributed by atoms with Gasteiger partial charge in [-0.1, -0.05) is 12.1 Å². The number of nitrogens with zero attached hydrogens (tertiary/aromatic N) is 2. The predicted molar refractivity (Wildman–Crippen MR) is 110 cm³/mol. The summed E-state index contributed by atoms with van der Waals surface area (Å²) in [6.45, 7) is 11.0. The van der Waals surface area contributed by atoms with E-state index in [1.54, 1.807) is 13.0 Å². The summed E-state index contributed by atoms with van der Waals surface area (Å²) in [6, 6.07) is 5.38. The molecule has 1 heterocycles. The first-order chi connectivity index (χ1) is 13.2. The smallest absolute Gasteiger partial charge is 0.240 e. The zero-order valence-corrected chi connectivity index (χ0v) is 17.9. The van der Waals surface area contributed by atoms with Crippen LogP contribution >= 0.6 is 0 Å². The first-order valence-corrected chi connectivity index (χ1v) is 10.7. The Morgan fingerprint density at radius 3 is 2.54 bits per heavy atom. The minimum atomic E-state index is -3.56. The fraction of sp³-hybridized carbons (Fsp3) is 0.474. The van der Waals surface area contributed by atoms with Gasteiger partial charge < -0.3 is 15.1 Å². The monoisotopic (exact) mass is 407 g/mol. The number of aliphatic imine (C=N–C) groups is 1. The molecule has 1 aromatic heterocycles. The van der Waals surface area contributed by atoms with Gasteiger partial charge in [-0.15, -0.1) is 0 Å². The van der Waals surface area contributed by atoms with Gasteiger partial charge in [0.15, 0.2) is 5.96 Å². The van der Waals surface area contributed by atoms with Crippen LogP contribution in [0.2, 0.25) is 0 Å². The summed E-state index contributed by atoms with van der Waals surface area (Å²) >= 11 is 0. The minimum Gasteiger partial charge on any atom is -0.444 e.